The van der Waals surface area contributed by atoms with E-state index in [2.05, 4.69) is 10.3 Å². The number of alkyl halides is 3. The van der Waals surface area contributed by atoms with Crippen molar-refractivity contribution >= 4 is 33.1 Å². The molecular weight excluding hydrogens is 427 g/mol. The average molecular weight is 443 g/mol. The van der Waals surface area contributed by atoms with E-state index in [-0.39, 0.29) is 0 Å². The molecule has 0 saturated carbocycles. The minimum Gasteiger partial charge on any atom is -0.325 e. The van der Waals surface area contributed by atoms with Crippen molar-refractivity contribution in [1.82, 2.24) is 9.55 Å². The van der Waals surface area contributed by atoms with Gasteiger partial charge in [-0.25, -0.2) is 4.98 Å². The van der Waals surface area contributed by atoms with E-state index in [1.807, 2.05) is 36.4 Å². The van der Waals surface area contributed by atoms with Crippen LogP contribution in [-0.2, 0) is 23.9 Å². The summed E-state index contributed by atoms with van der Waals surface area (Å²) in [7, 11) is 0. The van der Waals surface area contributed by atoms with Crippen LogP contribution in [-0.4, -0.2) is 15.5 Å². The molecule has 0 saturated heterocycles. The molecule has 0 fully saturated rings. The number of aromatic nitrogens is 2. The smallest absolute Gasteiger partial charge is 0.325 e. The summed E-state index contributed by atoms with van der Waals surface area (Å²) in [6.45, 7) is -0.518. The Labute approximate surface area is 178 Å². The maximum absolute atomic E-state index is 12.8. The third kappa shape index (κ3) is 5.00. The van der Waals surface area contributed by atoms with Gasteiger partial charge < -0.3 is 9.88 Å². The molecule has 0 bridgehead atoms. The van der Waals surface area contributed by atoms with Gasteiger partial charge in [0.05, 0.1) is 20.8 Å². The average Bonchev–Trinajstić information content (AvgIpc) is 3.12. The summed E-state index contributed by atoms with van der Waals surface area (Å²) in [6, 6.07) is 16.5. The highest BCUT2D eigenvalue weighted by Gasteiger charge is 2.31. The minimum atomic E-state index is -4.59. The number of fused-ring (bicyclic) bond motifs is 1. The standard InChI is InChI=1S/C22H16F3N3O2S/c23-22(24,25)15-7-10-21(30)28(12-15)13-19(29)26-16-8-5-14(6-9-16)11-20-27-17-3-1-2-4-18(17)31-20/h1-10,12H,11,13H2,(H,26,29). The largest absolute Gasteiger partial charge is 0.417 e. The number of para-hydroxylation sites is 1. The van der Waals surface area contributed by atoms with Crippen LogP contribution in [0.5, 0.6) is 0 Å². The Bertz CT molecular complexity index is 1260. The molecule has 2 aromatic carbocycles. The highest BCUT2D eigenvalue weighted by Crippen LogP contribution is 2.28. The Hall–Kier alpha value is -3.46. The Morgan fingerprint density at radius 3 is 2.48 bits per heavy atom. The van der Waals surface area contributed by atoms with Gasteiger partial charge in [-0.3, -0.25) is 9.59 Å². The molecule has 158 valence electrons. The maximum atomic E-state index is 12.8. The SMILES string of the molecule is O=C(Cn1cc(C(F)(F)F)ccc1=O)Nc1ccc(Cc2nc3ccccc3s2)cc1. The van der Waals surface area contributed by atoms with Crippen LogP contribution in [0.3, 0.4) is 0 Å². The fourth-order valence-corrected chi connectivity index (χ4v) is 4.06. The second-order valence-electron chi connectivity index (χ2n) is 6.88. The summed E-state index contributed by atoms with van der Waals surface area (Å²) >= 11 is 1.62. The van der Waals surface area contributed by atoms with Crippen molar-refractivity contribution < 1.29 is 18.0 Å². The van der Waals surface area contributed by atoms with Gasteiger partial charge in [-0.05, 0) is 35.9 Å². The molecule has 0 spiro atoms. The number of thiazole rings is 1. The summed E-state index contributed by atoms with van der Waals surface area (Å²) in [5, 5.41) is 3.57. The zero-order chi connectivity index (χ0) is 22.0. The lowest BCUT2D eigenvalue weighted by Gasteiger charge is -2.11. The van der Waals surface area contributed by atoms with Gasteiger partial charge in [0.15, 0.2) is 0 Å². The minimum absolute atomic E-state index is 0.484. The van der Waals surface area contributed by atoms with E-state index in [4.69, 9.17) is 0 Å². The van der Waals surface area contributed by atoms with Crippen LogP contribution < -0.4 is 10.9 Å². The van der Waals surface area contributed by atoms with E-state index >= 15 is 0 Å². The van der Waals surface area contributed by atoms with Gasteiger partial charge in [0.2, 0.25) is 5.91 Å². The molecule has 1 amide bonds. The maximum Gasteiger partial charge on any atom is 0.417 e. The van der Waals surface area contributed by atoms with Gasteiger partial charge in [-0.15, -0.1) is 11.3 Å². The topological polar surface area (TPSA) is 64.0 Å². The third-order valence-corrected chi connectivity index (χ3v) is 5.59. The molecule has 2 aromatic heterocycles. The number of hydrogen-bond donors (Lipinski definition) is 1. The van der Waals surface area contributed by atoms with Gasteiger partial charge in [0, 0.05) is 24.4 Å². The number of rotatable bonds is 5. The highest BCUT2D eigenvalue weighted by atomic mass is 32.1. The quantitative estimate of drug-likeness (QED) is 0.486. The number of carbonyl (C=O) groups is 1. The first-order valence-electron chi connectivity index (χ1n) is 9.29. The first kappa shape index (κ1) is 20.8. The first-order valence-corrected chi connectivity index (χ1v) is 10.1. The molecule has 0 aliphatic heterocycles. The van der Waals surface area contributed by atoms with Crippen molar-refractivity contribution in [1.29, 1.82) is 0 Å². The van der Waals surface area contributed by atoms with E-state index in [1.54, 1.807) is 23.5 Å². The van der Waals surface area contributed by atoms with Crippen LogP contribution in [0.4, 0.5) is 18.9 Å². The lowest BCUT2D eigenvalue weighted by molar-refractivity contribution is -0.138. The molecule has 0 atom stereocenters. The molecule has 4 aromatic rings. The van der Waals surface area contributed by atoms with Crippen LogP contribution >= 0.6 is 11.3 Å². The van der Waals surface area contributed by atoms with Crippen LogP contribution in [0.2, 0.25) is 0 Å². The molecule has 9 heteroatoms. The molecule has 0 aliphatic rings. The second-order valence-corrected chi connectivity index (χ2v) is 7.99. The molecule has 4 rings (SSSR count). The van der Waals surface area contributed by atoms with E-state index in [0.717, 1.165) is 31.4 Å². The van der Waals surface area contributed by atoms with E-state index in [1.165, 1.54) is 0 Å². The predicted octanol–water partition coefficient (Wildman–Crippen LogP) is 4.71. The lowest BCUT2D eigenvalue weighted by Crippen LogP contribution is -2.28. The number of halogens is 3. The number of benzene rings is 2. The fourth-order valence-electron chi connectivity index (χ4n) is 3.05. The van der Waals surface area contributed by atoms with Crippen LogP contribution in [0.25, 0.3) is 10.2 Å². The molecule has 1 N–H and O–H groups in total. The van der Waals surface area contributed by atoms with Gasteiger partial charge in [0.25, 0.3) is 5.56 Å². The Morgan fingerprint density at radius 1 is 1.03 bits per heavy atom. The Balaban J connectivity index is 1.41. The number of pyridine rings is 1. The van der Waals surface area contributed by atoms with Crippen LogP contribution in [0, 0.1) is 0 Å². The molecular formula is C22H16F3N3O2S. The van der Waals surface area contributed by atoms with Gasteiger partial charge >= 0.3 is 6.18 Å². The van der Waals surface area contributed by atoms with Crippen molar-refractivity contribution in [3.05, 3.63) is 93.3 Å². The zero-order valence-corrected chi connectivity index (χ0v) is 16.8. The molecule has 0 aliphatic carbocycles. The number of amides is 1. The molecule has 2 heterocycles. The molecule has 31 heavy (non-hydrogen) atoms. The number of anilines is 1. The molecule has 0 unspecified atom stereocenters. The highest BCUT2D eigenvalue weighted by molar-refractivity contribution is 7.18. The van der Waals surface area contributed by atoms with Gasteiger partial charge in [-0.1, -0.05) is 24.3 Å². The number of nitrogens with one attached hydrogen (secondary N) is 1. The Kier molecular flexibility index (Phi) is 5.60. The van der Waals surface area contributed by atoms with E-state index in [9.17, 15) is 22.8 Å². The normalized spacial score (nSPS) is 11.6. The van der Waals surface area contributed by atoms with Gasteiger partial charge in [0.1, 0.15) is 6.54 Å². The predicted molar refractivity (Wildman–Crippen MR) is 113 cm³/mol. The second kappa shape index (κ2) is 8.35. The summed E-state index contributed by atoms with van der Waals surface area (Å²) in [5.41, 5.74) is 0.772. The number of nitrogens with zero attached hydrogens (tertiary/aromatic N) is 2. The van der Waals surface area contributed by atoms with Crippen LogP contribution in [0.15, 0.2) is 71.7 Å². The van der Waals surface area contributed by atoms with Crippen molar-refractivity contribution in [2.45, 2.75) is 19.1 Å². The van der Waals surface area contributed by atoms with Gasteiger partial charge in [-0.2, -0.15) is 13.2 Å². The van der Waals surface area contributed by atoms with E-state index < -0.39 is 29.8 Å². The lowest BCUT2D eigenvalue weighted by atomic mass is 10.1. The number of hydrogen-bond acceptors (Lipinski definition) is 4. The number of carbonyl (C=O) groups excluding carboxylic acids is 1. The fraction of sp³-hybridized carbons (Fsp3) is 0.136. The van der Waals surface area contributed by atoms with Crippen molar-refractivity contribution in [2.75, 3.05) is 5.32 Å². The summed E-state index contributed by atoms with van der Waals surface area (Å²) in [5.74, 6) is -0.597. The van der Waals surface area contributed by atoms with E-state index in [0.29, 0.717) is 24.4 Å². The van der Waals surface area contributed by atoms with Crippen LogP contribution in [0.1, 0.15) is 16.1 Å². The molecule has 5 nitrogen and oxygen atoms in total. The van der Waals surface area contributed by atoms with Crippen molar-refractivity contribution in [3.63, 3.8) is 0 Å². The summed E-state index contributed by atoms with van der Waals surface area (Å²) in [4.78, 5) is 28.6. The summed E-state index contributed by atoms with van der Waals surface area (Å²) < 4.78 is 40.3. The zero-order valence-electron chi connectivity index (χ0n) is 16.0. The monoisotopic (exact) mass is 443 g/mol. The summed E-state index contributed by atoms with van der Waals surface area (Å²) in [6.07, 6.45) is -3.30. The van der Waals surface area contributed by atoms with Crippen molar-refractivity contribution in [3.8, 4) is 0 Å². The third-order valence-electron chi connectivity index (χ3n) is 4.56. The van der Waals surface area contributed by atoms with Crippen molar-refractivity contribution in [2.24, 2.45) is 0 Å². The molecule has 0 radical (unpaired) electrons. The first-order chi connectivity index (χ1) is 14.8. The Morgan fingerprint density at radius 2 is 1.77 bits per heavy atom.